The first-order chi connectivity index (χ1) is 9.21. The third-order valence-electron chi connectivity index (χ3n) is 3.18. The minimum atomic E-state index is -4.50. The fourth-order valence-electron chi connectivity index (χ4n) is 2.10. The van der Waals surface area contributed by atoms with Gasteiger partial charge in [-0.05, 0) is 37.1 Å². The van der Waals surface area contributed by atoms with E-state index in [1.165, 1.54) is 0 Å². The third-order valence-corrected chi connectivity index (χ3v) is 5.06. The van der Waals surface area contributed by atoms with E-state index in [-0.39, 0.29) is 18.0 Å². The van der Waals surface area contributed by atoms with Crippen LogP contribution in [0.2, 0.25) is 0 Å². The second kappa shape index (κ2) is 5.34. The van der Waals surface area contributed by atoms with E-state index in [9.17, 15) is 26.7 Å². The van der Waals surface area contributed by atoms with Crippen molar-refractivity contribution < 1.29 is 26.7 Å². The summed E-state index contributed by atoms with van der Waals surface area (Å²) < 4.78 is 62.8. The van der Waals surface area contributed by atoms with Crippen molar-refractivity contribution in [2.45, 2.75) is 30.0 Å². The summed E-state index contributed by atoms with van der Waals surface area (Å²) in [6, 6.07) is 3.37. The highest BCUT2D eigenvalue weighted by Gasteiger charge is 2.32. The van der Waals surface area contributed by atoms with Gasteiger partial charge in [-0.25, -0.2) is 8.42 Å². The first-order valence-electron chi connectivity index (χ1n) is 6.07. The number of β-amino-alcohol motifs (C(OH)–C–C–N with tert-alkyl or cyclic N) is 1. The first-order valence-corrected chi connectivity index (χ1v) is 7.51. The molecule has 0 aliphatic carbocycles. The van der Waals surface area contributed by atoms with Crippen LogP contribution in [-0.2, 0) is 16.2 Å². The Labute approximate surface area is 114 Å². The molecule has 1 saturated heterocycles. The summed E-state index contributed by atoms with van der Waals surface area (Å²) in [6.45, 7) is 0.240. The number of aliphatic hydroxyl groups excluding tert-OH is 1. The molecule has 0 unspecified atom stereocenters. The van der Waals surface area contributed by atoms with Gasteiger partial charge in [-0.3, -0.25) is 0 Å². The number of piperidine rings is 1. The molecule has 1 atom stereocenters. The lowest BCUT2D eigenvalue weighted by molar-refractivity contribution is -0.137. The van der Waals surface area contributed by atoms with Crippen LogP contribution >= 0.6 is 0 Å². The molecule has 1 aromatic rings. The number of rotatable bonds is 2. The zero-order valence-electron chi connectivity index (χ0n) is 10.5. The van der Waals surface area contributed by atoms with Crippen LogP contribution in [0, 0.1) is 0 Å². The van der Waals surface area contributed by atoms with Gasteiger partial charge in [0.2, 0.25) is 10.0 Å². The topological polar surface area (TPSA) is 57.6 Å². The highest BCUT2D eigenvalue weighted by atomic mass is 32.2. The monoisotopic (exact) mass is 309 g/mol. The van der Waals surface area contributed by atoms with Crippen LogP contribution in [0.4, 0.5) is 13.2 Å². The molecule has 0 amide bonds. The molecule has 0 bridgehead atoms. The summed E-state index contributed by atoms with van der Waals surface area (Å²) in [5.74, 6) is 0. The smallest absolute Gasteiger partial charge is 0.392 e. The van der Waals surface area contributed by atoms with Gasteiger partial charge in [-0.15, -0.1) is 0 Å². The van der Waals surface area contributed by atoms with Crippen molar-refractivity contribution >= 4 is 10.0 Å². The van der Waals surface area contributed by atoms with Crippen LogP contribution in [0.25, 0.3) is 0 Å². The molecule has 2 rings (SSSR count). The molecular weight excluding hydrogens is 295 g/mol. The molecule has 1 aromatic carbocycles. The third kappa shape index (κ3) is 3.13. The fraction of sp³-hybridized carbons (Fsp3) is 0.500. The van der Waals surface area contributed by atoms with E-state index in [0.717, 1.165) is 28.6 Å². The Bertz CT molecular complexity index is 569. The van der Waals surface area contributed by atoms with Crippen molar-refractivity contribution in [3.8, 4) is 0 Å². The van der Waals surface area contributed by atoms with E-state index >= 15 is 0 Å². The number of alkyl halides is 3. The number of hydrogen-bond donors (Lipinski definition) is 1. The number of aliphatic hydroxyl groups is 1. The Balaban J connectivity index is 2.26. The minimum absolute atomic E-state index is 0.0244. The predicted octanol–water partition coefficient (Wildman–Crippen LogP) is 1.85. The normalized spacial score (nSPS) is 21.9. The van der Waals surface area contributed by atoms with E-state index in [1.807, 2.05) is 0 Å². The molecule has 20 heavy (non-hydrogen) atoms. The van der Waals surface area contributed by atoms with E-state index in [2.05, 4.69) is 0 Å². The van der Waals surface area contributed by atoms with Crippen LogP contribution < -0.4 is 0 Å². The molecule has 0 saturated carbocycles. The number of nitrogens with zero attached hydrogens (tertiary/aromatic N) is 1. The van der Waals surface area contributed by atoms with Crippen LogP contribution in [0.1, 0.15) is 18.4 Å². The van der Waals surface area contributed by atoms with Gasteiger partial charge < -0.3 is 5.11 Å². The van der Waals surface area contributed by atoms with Gasteiger partial charge in [0.05, 0.1) is 16.6 Å². The molecule has 8 heteroatoms. The minimum Gasteiger partial charge on any atom is -0.392 e. The molecular formula is C12H14F3NO3S. The van der Waals surface area contributed by atoms with Crippen molar-refractivity contribution in [1.29, 1.82) is 0 Å². The molecule has 1 aliphatic heterocycles. The van der Waals surface area contributed by atoms with E-state index < -0.39 is 27.9 Å². The predicted molar refractivity (Wildman–Crippen MR) is 65.4 cm³/mol. The largest absolute Gasteiger partial charge is 0.416 e. The quantitative estimate of drug-likeness (QED) is 0.907. The average molecular weight is 309 g/mol. The van der Waals surface area contributed by atoms with Gasteiger partial charge in [-0.1, -0.05) is 0 Å². The average Bonchev–Trinajstić information content (AvgIpc) is 2.38. The van der Waals surface area contributed by atoms with Crippen LogP contribution in [0.5, 0.6) is 0 Å². The van der Waals surface area contributed by atoms with E-state index in [1.54, 1.807) is 0 Å². The van der Waals surface area contributed by atoms with Gasteiger partial charge in [0.25, 0.3) is 0 Å². The molecule has 0 aromatic heterocycles. The zero-order chi connectivity index (χ0) is 15.0. The van der Waals surface area contributed by atoms with E-state index in [0.29, 0.717) is 12.8 Å². The van der Waals surface area contributed by atoms with Crippen molar-refractivity contribution in [3.63, 3.8) is 0 Å². The lowest BCUT2D eigenvalue weighted by Crippen LogP contribution is -2.42. The van der Waals surface area contributed by atoms with Crippen LogP contribution in [0.15, 0.2) is 29.2 Å². The molecule has 0 radical (unpaired) electrons. The standard InChI is InChI=1S/C12H14F3NO3S/c13-12(14,15)9-3-5-11(6-4-9)20(18,19)16-7-1-2-10(17)8-16/h3-6,10,17H,1-2,7-8H2/t10-/m0/s1. The second-order valence-electron chi connectivity index (χ2n) is 4.68. The number of hydrogen-bond acceptors (Lipinski definition) is 3. The van der Waals surface area contributed by atoms with Gasteiger partial charge in [-0.2, -0.15) is 17.5 Å². The van der Waals surface area contributed by atoms with Gasteiger partial charge in [0.15, 0.2) is 0 Å². The summed E-state index contributed by atoms with van der Waals surface area (Å²) in [5, 5.41) is 9.49. The Morgan fingerprint density at radius 3 is 2.30 bits per heavy atom. The van der Waals surface area contributed by atoms with Crippen molar-refractivity contribution in [2.75, 3.05) is 13.1 Å². The summed E-state index contributed by atoms with van der Waals surface area (Å²) in [5.41, 5.74) is -0.893. The molecule has 112 valence electrons. The summed E-state index contributed by atoms with van der Waals surface area (Å²) in [6.07, 6.45) is -4.17. The Morgan fingerprint density at radius 1 is 1.20 bits per heavy atom. The number of benzene rings is 1. The van der Waals surface area contributed by atoms with Crippen LogP contribution in [-0.4, -0.2) is 37.0 Å². The second-order valence-corrected chi connectivity index (χ2v) is 6.62. The maximum absolute atomic E-state index is 12.4. The van der Waals surface area contributed by atoms with Crippen molar-refractivity contribution in [3.05, 3.63) is 29.8 Å². The fourth-order valence-corrected chi connectivity index (χ4v) is 3.62. The van der Waals surface area contributed by atoms with Gasteiger partial charge >= 0.3 is 6.18 Å². The van der Waals surface area contributed by atoms with Gasteiger partial charge in [0, 0.05) is 13.1 Å². The van der Waals surface area contributed by atoms with Gasteiger partial charge in [0.1, 0.15) is 0 Å². The SMILES string of the molecule is O=S(=O)(c1ccc(C(F)(F)F)cc1)N1CCC[C@H](O)C1. The molecule has 4 nitrogen and oxygen atoms in total. The van der Waals surface area contributed by atoms with E-state index in [4.69, 9.17) is 0 Å². The molecule has 0 spiro atoms. The first kappa shape index (κ1) is 15.3. The Kier molecular flexibility index (Phi) is 4.08. The highest BCUT2D eigenvalue weighted by molar-refractivity contribution is 7.89. The van der Waals surface area contributed by atoms with Crippen LogP contribution in [0.3, 0.4) is 0 Å². The summed E-state index contributed by atoms with van der Waals surface area (Å²) >= 11 is 0. The maximum Gasteiger partial charge on any atom is 0.416 e. The highest BCUT2D eigenvalue weighted by Crippen LogP contribution is 2.30. The lowest BCUT2D eigenvalue weighted by atomic mass is 10.1. The summed E-state index contributed by atoms with van der Waals surface area (Å²) in [4.78, 5) is -0.195. The van der Waals surface area contributed by atoms with Crippen molar-refractivity contribution in [2.24, 2.45) is 0 Å². The number of halogens is 3. The Hall–Kier alpha value is -1.12. The number of sulfonamides is 1. The molecule has 1 N–H and O–H groups in total. The zero-order valence-corrected chi connectivity index (χ0v) is 11.3. The lowest BCUT2D eigenvalue weighted by Gasteiger charge is -2.29. The molecule has 1 heterocycles. The molecule has 1 fully saturated rings. The summed E-state index contributed by atoms with van der Waals surface area (Å²) in [7, 11) is -3.85. The Morgan fingerprint density at radius 2 is 1.80 bits per heavy atom. The maximum atomic E-state index is 12.4. The molecule has 1 aliphatic rings. The van der Waals surface area contributed by atoms with Crippen molar-refractivity contribution in [1.82, 2.24) is 4.31 Å².